The average Bonchev–Trinajstić information content (AvgIpc) is 3.02. The van der Waals surface area contributed by atoms with Crippen molar-refractivity contribution in [2.45, 2.75) is 19.0 Å². The molecule has 1 atom stereocenters. The molecule has 1 aromatic carbocycles. The molecule has 8 nitrogen and oxygen atoms in total. The molecule has 126 valence electrons. The molecule has 0 unspecified atom stereocenters. The van der Waals surface area contributed by atoms with Crippen molar-refractivity contribution in [3.05, 3.63) is 42.6 Å². The van der Waals surface area contributed by atoms with Crippen LogP contribution in [0.4, 0.5) is 0 Å². The molecule has 0 bridgehead atoms. The molecule has 2 rings (SSSR count). The number of benzene rings is 1. The SMILES string of the molecule is CNC(=O)[C@H](CC(N)=O)NC(=O)Cn1ccc(-c2ccccc2)n1. The number of aromatic nitrogens is 2. The lowest BCUT2D eigenvalue weighted by Crippen LogP contribution is -2.48. The molecule has 4 N–H and O–H groups in total. The molecule has 8 heteroatoms. The number of amides is 3. The summed E-state index contributed by atoms with van der Waals surface area (Å²) < 4.78 is 1.46. The Labute approximate surface area is 139 Å². The van der Waals surface area contributed by atoms with E-state index in [1.54, 1.807) is 12.3 Å². The lowest BCUT2D eigenvalue weighted by molar-refractivity contribution is -0.131. The fraction of sp³-hybridized carbons (Fsp3) is 0.250. The van der Waals surface area contributed by atoms with Gasteiger partial charge in [0.05, 0.1) is 12.1 Å². The Hall–Kier alpha value is -3.16. The Morgan fingerprint density at radius 3 is 2.54 bits per heavy atom. The van der Waals surface area contributed by atoms with Crippen molar-refractivity contribution in [1.82, 2.24) is 20.4 Å². The quantitative estimate of drug-likeness (QED) is 0.643. The third-order valence-corrected chi connectivity index (χ3v) is 3.32. The second-order valence-electron chi connectivity index (χ2n) is 5.17. The van der Waals surface area contributed by atoms with E-state index in [9.17, 15) is 14.4 Å². The molecule has 0 aliphatic heterocycles. The van der Waals surface area contributed by atoms with Crippen LogP contribution in [-0.2, 0) is 20.9 Å². The summed E-state index contributed by atoms with van der Waals surface area (Å²) in [6.45, 7) is -0.0703. The van der Waals surface area contributed by atoms with Crippen LogP contribution in [0.2, 0.25) is 0 Å². The highest BCUT2D eigenvalue weighted by molar-refractivity contribution is 5.91. The summed E-state index contributed by atoms with van der Waals surface area (Å²) in [5, 5.41) is 9.18. The zero-order chi connectivity index (χ0) is 17.5. The molecule has 1 aromatic heterocycles. The molecule has 0 fully saturated rings. The standard InChI is InChI=1S/C16H19N5O3/c1-18-16(24)13(9-14(17)22)19-15(23)10-21-8-7-12(20-21)11-5-3-2-4-6-11/h2-8,13H,9-10H2,1H3,(H2,17,22)(H,18,24)(H,19,23)/t13-/m0/s1. The molecule has 1 heterocycles. The maximum absolute atomic E-state index is 12.1. The second-order valence-corrected chi connectivity index (χ2v) is 5.17. The number of nitrogens with one attached hydrogen (secondary N) is 2. The Morgan fingerprint density at radius 2 is 1.92 bits per heavy atom. The van der Waals surface area contributed by atoms with Gasteiger partial charge in [0.1, 0.15) is 12.6 Å². The molecule has 3 amide bonds. The van der Waals surface area contributed by atoms with Gasteiger partial charge in [0, 0.05) is 18.8 Å². The predicted octanol–water partition coefficient (Wildman–Crippen LogP) is -0.344. The summed E-state index contributed by atoms with van der Waals surface area (Å²) in [6.07, 6.45) is 1.41. The third-order valence-electron chi connectivity index (χ3n) is 3.32. The van der Waals surface area contributed by atoms with Gasteiger partial charge in [-0.25, -0.2) is 0 Å². The number of carbonyl (C=O) groups is 3. The topological polar surface area (TPSA) is 119 Å². The molecular formula is C16H19N5O3. The normalized spacial score (nSPS) is 11.5. The molecular weight excluding hydrogens is 310 g/mol. The van der Waals surface area contributed by atoms with Crippen LogP contribution >= 0.6 is 0 Å². The Morgan fingerprint density at radius 1 is 1.21 bits per heavy atom. The number of nitrogens with zero attached hydrogens (tertiary/aromatic N) is 2. The highest BCUT2D eigenvalue weighted by Gasteiger charge is 2.22. The highest BCUT2D eigenvalue weighted by Crippen LogP contribution is 2.15. The fourth-order valence-electron chi connectivity index (χ4n) is 2.18. The van der Waals surface area contributed by atoms with Gasteiger partial charge < -0.3 is 16.4 Å². The first-order valence-corrected chi connectivity index (χ1v) is 7.37. The van der Waals surface area contributed by atoms with Gasteiger partial charge in [-0.3, -0.25) is 19.1 Å². The Balaban J connectivity index is 2.00. The van der Waals surface area contributed by atoms with Crippen molar-refractivity contribution in [3.63, 3.8) is 0 Å². The summed E-state index contributed by atoms with van der Waals surface area (Å²) in [7, 11) is 1.42. The van der Waals surface area contributed by atoms with Crippen LogP contribution in [0.25, 0.3) is 11.3 Å². The van der Waals surface area contributed by atoms with Crippen molar-refractivity contribution in [1.29, 1.82) is 0 Å². The molecule has 0 spiro atoms. The summed E-state index contributed by atoms with van der Waals surface area (Å²) in [5.41, 5.74) is 6.77. The number of nitrogens with two attached hydrogens (primary N) is 1. The first-order valence-electron chi connectivity index (χ1n) is 7.37. The van der Waals surface area contributed by atoms with E-state index in [2.05, 4.69) is 15.7 Å². The minimum Gasteiger partial charge on any atom is -0.370 e. The van der Waals surface area contributed by atoms with Crippen molar-refractivity contribution >= 4 is 17.7 Å². The molecule has 0 saturated heterocycles. The van der Waals surface area contributed by atoms with Gasteiger partial charge in [-0.2, -0.15) is 5.10 Å². The first kappa shape index (κ1) is 17.2. The average molecular weight is 329 g/mol. The first-order chi connectivity index (χ1) is 11.5. The number of rotatable bonds is 7. The van der Waals surface area contributed by atoms with E-state index in [0.717, 1.165) is 11.3 Å². The van der Waals surface area contributed by atoms with Crippen molar-refractivity contribution in [3.8, 4) is 11.3 Å². The van der Waals surface area contributed by atoms with Gasteiger partial charge in [0.2, 0.25) is 17.7 Å². The van der Waals surface area contributed by atoms with Crippen LogP contribution in [0.15, 0.2) is 42.6 Å². The van der Waals surface area contributed by atoms with Gasteiger partial charge in [0.15, 0.2) is 0 Å². The van der Waals surface area contributed by atoms with Crippen LogP contribution < -0.4 is 16.4 Å². The fourth-order valence-corrected chi connectivity index (χ4v) is 2.18. The van der Waals surface area contributed by atoms with Gasteiger partial charge in [-0.1, -0.05) is 30.3 Å². The second kappa shape index (κ2) is 7.91. The van der Waals surface area contributed by atoms with Gasteiger partial charge in [-0.05, 0) is 6.07 Å². The largest absolute Gasteiger partial charge is 0.370 e. The van der Waals surface area contributed by atoms with Crippen LogP contribution in [0.3, 0.4) is 0 Å². The van der Waals surface area contributed by atoms with Crippen LogP contribution in [0.5, 0.6) is 0 Å². The van der Waals surface area contributed by atoms with Crippen molar-refractivity contribution in [2.24, 2.45) is 5.73 Å². The zero-order valence-electron chi connectivity index (χ0n) is 13.2. The van der Waals surface area contributed by atoms with Crippen LogP contribution in [0, 0.1) is 0 Å². The monoisotopic (exact) mass is 329 g/mol. The minimum absolute atomic E-state index is 0.0703. The maximum atomic E-state index is 12.1. The number of hydrogen-bond acceptors (Lipinski definition) is 4. The number of carbonyl (C=O) groups excluding carboxylic acids is 3. The maximum Gasteiger partial charge on any atom is 0.242 e. The molecule has 0 aliphatic rings. The number of primary amides is 1. The van der Waals surface area contributed by atoms with E-state index in [0.29, 0.717) is 0 Å². The van der Waals surface area contributed by atoms with E-state index >= 15 is 0 Å². The Kier molecular flexibility index (Phi) is 5.67. The van der Waals surface area contributed by atoms with Gasteiger partial charge in [-0.15, -0.1) is 0 Å². The van der Waals surface area contributed by atoms with Crippen LogP contribution in [0.1, 0.15) is 6.42 Å². The summed E-state index contributed by atoms with van der Waals surface area (Å²) in [6, 6.07) is 10.3. The minimum atomic E-state index is -0.996. The molecule has 0 saturated carbocycles. The van der Waals surface area contributed by atoms with Crippen LogP contribution in [-0.4, -0.2) is 40.6 Å². The van der Waals surface area contributed by atoms with E-state index in [1.807, 2.05) is 30.3 Å². The molecule has 0 radical (unpaired) electrons. The van der Waals surface area contributed by atoms with Gasteiger partial charge >= 0.3 is 0 Å². The highest BCUT2D eigenvalue weighted by atomic mass is 16.2. The van der Waals surface area contributed by atoms with Gasteiger partial charge in [0.25, 0.3) is 0 Å². The zero-order valence-corrected chi connectivity index (χ0v) is 13.2. The van der Waals surface area contributed by atoms with E-state index in [1.165, 1.54) is 11.7 Å². The van der Waals surface area contributed by atoms with E-state index < -0.39 is 23.8 Å². The lowest BCUT2D eigenvalue weighted by atomic mass is 10.2. The third kappa shape index (κ3) is 4.67. The number of hydrogen-bond donors (Lipinski definition) is 3. The molecule has 24 heavy (non-hydrogen) atoms. The lowest BCUT2D eigenvalue weighted by Gasteiger charge is -2.15. The molecule has 2 aromatic rings. The smallest absolute Gasteiger partial charge is 0.242 e. The van der Waals surface area contributed by atoms with E-state index in [-0.39, 0.29) is 13.0 Å². The summed E-state index contributed by atoms with van der Waals surface area (Å²) >= 11 is 0. The van der Waals surface area contributed by atoms with Crippen molar-refractivity contribution in [2.75, 3.05) is 7.05 Å². The Bertz CT molecular complexity index is 726. The predicted molar refractivity (Wildman–Crippen MR) is 87.5 cm³/mol. The van der Waals surface area contributed by atoms with Crippen molar-refractivity contribution < 1.29 is 14.4 Å². The van der Waals surface area contributed by atoms with E-state index in [4.69, 9.17) is 5.73 Å². The number of likely N-dealkylation sites (N-methyl/N-ethyl adjacent to an activating group) is 1. The summed E-state index contributed by atoms with van der Waals surface area (Å²) in [4.78, 5) is 34.7. The summed E-state index contributed by atoms with van der Waals surface area (Å²) in [5.74, 6) is -1.59. The molecule has 0 aliphatic carbocycles.